The van der Waals surface area contributed by atoms with E-state index in [1.165, 1.54) is 5.56 Å². The van der Waals surface area contributed by atoms with Gasteiger partial charge >= 0.3 is 0 Å². The van der Waals surface area contributed by atoms with Crippen LogP contribution in [-0.4, -0.2) is 26.9 Å². The number of quaternary nitrogens is 1. The van der Waals surface area contributed by atoms with Gasteiger partial charge in [-0.1, -0.05) is 30.3 Å². The Labute approximate surface area is 138 Å². The summed E-state index contributed by atoms with van der Waals surface area (Å²) in [5.74, 6) is 1.54. The summed E-state index contributed by atoms with van der Waals surface area (Å²) in [6.45, 7) is 4.31. The summed E-state index contributed by atoms with van der Waals surface area (Å²) >= 11 is 0. The lowest BCUT2D eigenvalue weighted by Crippen LogP contribution is -2.88. The van der Waals surface area contributed by atoms with Gasteiger partial charge in [0.05, 0.1) is 13.7 Å². The minimum absolute atomic E-state index is 0.427. The molecule has 0 aliphatic rings. The summed E-state index contributed by atoms with van der Waals surface area (Å²) in [6, 6.07) is 16.6. The van der Waals surface area contributed by atoms with Gasteiger partial charge in [-0.15, -0.1) is 0 Å². The summed E-state index contributed by atoms with van der Waals surface area (Å²) in [4.78, 5) is 0. The Morgan fingerprint density at radius 3 is 2.43 bits per heavy atom. The van der Waals surface area contributed by atoms with Crippen LogP contribution < -0.4 is 14.8 Å². The smallest absolute Gasteiger partial charge is 0.162 e. The Kier molecular flexibility index (Phi) is 6.91. The van der Waals surface area contributed by atoms with E-state index in [9.17, 15) is 0 Å². The average Bonchev–Trinajstić information content (AvgIpc) is 2.59. The van der Waals surface area contributed by atoms with Crippen LogP contribution in [0.15, 0.2) is 48.5 Å². The second-order valence-electron chi connectivity index (χ2n) is 5.63. The van der Waals surface area contributed by atoms with Gasteiger partial charge in [0.1, 0.15) is 19.2 Å². The Morgan fingerprint density at radius 2 is 1.74 bits per heavy atom. The molecule has 0 bridgehead atoms. The first-order chi connectivity index (χ1) is 11.2. The topological polar surface area (TPSA) is 44.3 Å². The predicted octanol–water partition coefficient (Wildman–Crippen LogP) is 2.37. The third kappa shape index (κ3) is 5.58. The van der Waals surface area contributed by atoms with Crippen molar-refractivity contribution in [2.24, 2.45) is 0 Å². The molecule has 0 aliphatic heterocycles. The zero-order valence-corrected chi connectivity index (χ0v) is 14.1. The number of methoxy groups -OCH3 is 2. The van der Waals surface area contributed by atoms with Crippen molar-refractivity contribution in [3.8, 4) is 11.5 Å². The van der Waals surface area contributed by atoms with E-state index in [1.807, 2.05) is 24.3 Å². The standard InChI is InChI=1S/C19H25NO3/c1-15(13-21-2)20-12-17-9-10-18(22-3)19(11-17)23-14-16-7-5-4-6-8-16/h4-11,15,20H,12-14H2,1-3H3/p+1. The molecule has 0 aromatic heterocycles. The molecular weight excluding hydrogens is 290 g/mol. The van der Waals surface area contributed by atoms with Gasteiger partial charge in [0.2, 0.25) is 0 Å². The Hall–Kier alpha value is -2.04. The molecule has 2 N–H and O–H groups in total. The molecular formula is C19H26NO3+. The van der Waals surface area contributed by atoms with Crippen molar-refractivity contribution in [2.45, 2.75) is 26.1 Å². The van der Waals surface area contributed by atoms with Gasteiger partial charge in [0.15, 0.2) is 11.5 Å². The summed E-state index contributed by atoms with van der Waals surface area (Å²) in [7, 11) is 3.39. The molecule has 1 atom stereocenters. The van der Waals surface area contributed by atoms with Crippen molar-refractivity contribution in [2.75, 3.05) is 20.8 Å². The number of nitrogens with two attached hydrogens (primary N) is 1. The van der Waals surface area contributed by atoms with Gasteiger partial charge in [0.25, 0.3) is 0 Å². The normalized spacial score (nSPS) is 12.0. The van der Waals surface area contributed by atoms with E-state index < -0.39 is 0 Å². The fourth-order valence-electron chi connectivity index (χ4n) is 2.36. The Balaban J connectivity index is 2.00. The maximum atomic E-state index is 5.95. The van der Waals surface area contributed by atoms with Gasteiger partial charge in [-0.2, -0.15) is 0 Å². The monoisotopic (exact) mass is 316 g/mol. The molecule has 4 heteroatoms. The summed E-state index contributed by atoms with van der Waals surface area (Å²) < 4.78 is 16.5. The highest BCUT2D eigenvalue weighted by Gasteiger charge is 2.09. The minimum atomic E-state index is 0.427. The highest BCUT2D eigenvalue weighted by molar-refractivity contribution is 5.42. The highest BCUT2D eigenvalue weighted by atomic mass is 16.5. The SMILES string of the molecule is COCC(C)[NH2+]Cc1ccc(OC)c(OCc2ccccc2)c1. The van der Waals surface area contributed by atoms with Gasteiger partial charge in [-0.25, -0.2) is 0 Å². The van der Waals surface area contributed by atoms with Crippen molar-refractivity contribution < 1.29 is 19.5 Å². The van der Waals surface area contributed by atoms with Crippen molar-refractivity contribution in [3.63, 3.8) is 0 Å². The zero-order valence-electron chi connectivity index (χ0n) is 14.1. The number of hydrogen-bond acceptors (Lipinski definition) is 3. The summed E-state index contributed by atoms with van der Waals surface area (Å²) in [6.07, 6.45) is 0. The molecule has 23 heavy (non-hydrogen) atoms. The number of rotatable bonds is 9. The lowest BCUT2D eigenvalue weighted by Gasteiger charge is -2.13. The molecule has 0 fully saturated rings. The van der Waals surface area contributed by atoms with E-state index in [1.54, 1.807) is 14.2 Å². The predicted molar refractivity (Wildman–Crippen MR) is 90.7 cm³/mol. The van der Waals surface area contributed by atoms with Crippen LogP contribution in [-0.2, 0) is 17.9 Å². The zero-order chi connectivity index (χ0) is 16.5. The van der Waals surface area contributed by atoms with Gasteiger partial charge in [0, 0.05) is 12.7 Å². The molecule has 0 saturated heterocycles. The van der Waals surface area contributed by atoms with Gasteiger partial charge < -0.3 is 19.5 Å². The van der Waals surface area contributed by atoms with E-state index in [0.717, 1.165) is 30.2 Å². The lowest BCUT2D eigenvalue weighted by atomic mass is 10.2. The van der Waals surface area contributed by atoms with Crippen molar-refractivity contribution in [1.29, 1.82) is 0 Å². The van der Waals surface area contributed by atoms with Crippen LogP contribution in [0.1, 0.15) is 18.1 Å². The molecule has 0 heterocycles. The van der Waals surface area contributed by atoms with E-state index in [2.05, 4.69) is 36.5 Å². The van der Waals surface area contributed by atoms with Crippen molar-refractivity contribution in [3.05, 3.63) is 59.7 Å². The molecule has 0 radical (unpaired) electrons. The molecule has 124 valence electrons. The van der Waals surface area contributed by atoms with Crippen molar-refractivity contribution in [1.82, 2.24) is 0 Å². The molecule has 0 amide bonds. The van der Waals surface area contributed by atoms with Crippen LogP contribution in [0.5, 0.6) is 11.5 Å². The van der Waals surface area contributed by atoms with Crippen molar-refractivity contribution >= 4 is 0 Å². The number of ether oxygens (including phenoxy) is 3. The molecule has 0 saturated carbocycles. The number of benzene rings is 2. The first kappa shape index (κ1) is 17.3. The molecule has 0 spiro atoms. The fraction of sp³-hybridized carbons (Fsp3) is 0.368. The van der Waals surface area contributed by atoms with Crippen LogP contribution >= 0.6 is 0 Å². The first-order valence-corrected chi connectivity index (χ1v) is 7.89. The quantitative estimate of drug-likeness (QED) is 0.772. The van der Waals surface area contributed by atoms with Crippen LogP contribution in [0.4, 0.5) is 0 Å². The Bertz CT molecular complexity index is 586. The van der Waals surface area contributed by atoms with E-state index in [-0.39, 0.29) is 0 Å². The largest absolute Gasteiger partial charge is 0.493 e. The van der Waals surface area contributed by atoms with Gasteiger partial charge in [-0.3, -0.25) is 0 Å². The molecule has 0 aliphatic carbocycles. The third-order valence-corrected chi connectivity index (χ3v) is 3.65. The van der Waals surface area contributed by atoms with E-state index in [4.69, 9.17) is 14.2 Å². The maximum Gasteiger partial charge on any atom is 0.162 e. The lowest BCUT2D eigenvalue weighted by molar-refractivity contribution is -0.702. The fourth-order valence-corrected chi connectivity index (χ4v) is 2.36. The molecule has 2 aromatic carbocycles. The summed E-state index contributed by atoms with van der Waals surface area (Å²) in [5, 5.41) is 2.26. The second-order valence-corrected chi connectivity index (χ2v) is 5.63. The molecule has 4 nitrogen and oxygen atoms in total. The second kappa shape index (κ2) is 9.18. The van der Waals surface area contributed by atoms with E-state index in [0.29, 0.717) is 12.6 Å². The van der Waals surface area contributed by atoms with Gasteiger partial charge in [-0.05, 0) is 30.7 Å². The number of hydrogen-bond donors (Lipinski definition) is 1. The average molecular weight is 316 g/mol. The third-order valence-electron chi connectivity index (χ3n) is 3.65. The molecule has 2 rings (SSSR count). The van der Waals surface area contributed by atoms with E-state index >= 15 is 0 Å². The van der Waals surface area contributed by atoms with Crippen LogP contribution in [0.2, 0.25) is 0 Å². The van der Waals surface area contributed by atoms with Crippen LogP contribution in [0, 0.1) is 0 Å². The minimum Gasteiger partial charge on any atom is -0.493 e. The molecule has 1 unspecified atom stereocenters. The Morgan fingerprint density at radius 1 is 0.957 bits per heavy atom. The van der Waals surface area contributed by atoms with Crippen LogP contribution in [0.25, 0.3) is 0 Å². The van der Waals surface area contributed by atoms with Crippen LogP contribution in [0.3, 0.4) is 0 Å². The summed E-state index contributed by atoms with van der Waals surface area (Å²) in [5.41, 5.74) is 2.34. The first-order valence-electron chi connectivity index (χ1n) is 7.89. The molecule has 2 aromatic rings. The maximum absolute atomic E-state index is 5.95. The highest BCUT2D eigenvalue weighted by Crippen LogP contribution is 2.28.